The van der Waals surface area contributed by atoms with Crippen molar-refractivity contribution in [3.63, 3.8) is 0 Å². The molecule has 2 aromatic rings. The first-order chi connectivity index (χ1) is 12.2. The predicted octanol–water partition coefficient (Wildman–Crippen LogP) is 2.06. The highest BCUT2D eigenvalue weighted by Gasteiger charge is 2.21. The number of nitrogens with zero attached hydrogens (tertiary/aromatic N) is 2. The van der Waals surface area contributed by atoms with Crippen molar-refractivity contribution < 1.29 is 14.2 Å². The number of benzene rings is 2. The van der Waals surface area contributed by atoms with Gasteiger partial charge in [0, 0.05) is 45.3 Å². The molecule has 0 aromatic heterocycles. The Labute approximate surface area is 147 Å². The Kier molecular flexibility index (Phi) is 5.86. The number of hydrogen-bond donors (Lipinski definition) is 2. The molecule has 1 saturated heterocycles. The molecule has 2 aromatic carbocycles. The summed E-state index contributed by atoms with van der Waals surface area (Å²) in [6, 6.07) is 14.0. The van der Waals surface area contributed by atoms with Crippen LogP contribution in [0.2, 0.25) is 0 Å². The van der Waals surface area contributed by atoms with Crippen LogP contribution >= 0.6 is 0 Å². The minimum absolute atomic E-state index is 0.271. The number of aliphatic hydroxyl groups excluding tert-OH is 1. The van der Waals surface area contributed by atoms with Crippen LogP contribution in [-0.4, -0.2) is 55.4 Å². The minimum Gasteiger partial charge on any atom is -0.455 e. The van der Waals surface area contributed by atoms with E-state index in [0.29, 0.717) is 18.0 Å². The first-order valence-electron chi connectivity index (χ1n) is 8.53. The molecule has 25 heavy (non-hydrogen) atoms. The van der Waals surface area contributed by atoms with E-state index >= 15 is 0 Å². The zero-order chi connectivity index (χ0) is 17.6. The summed E-state index contributed by atoms with van der Waals surface area (Å²) in [4.78, 5) is 4.37. The Morgan fingerprint density at radius 2 is 1.80 bits per heavy atom. The minimum atomic E-state index is -0.491. The smallest absolute Gasteiger partial charge is 0.153 e. The quantitative estimate of drug-likeness (QED) is 0.839. The molecule has 3 rings (SSSR count). The molecule has 1 aliphatic heterocycles. The predicted molar refractivity (Wildman–Crippen MR) is 96.6 cm³/mol. The number of hydrogen-bond acceptors (Lipinski definition) is 5. The topological polar surface area (TPSA) is 62.0 Å². The molecule has 0 saturated carbocycles. The summed E-state index contributed by atoms with van der Waals surface area (Å²) >= 11 is 0. The summed E-state index contributed by atoms with van der Waals surface area (Å²) in [5.74, 6) is 0.875. The third-order valence-electron chi connectivity index (χ3n) is 4.35. The Bertz CT molecular complexity index is 676. The number of para-hydroxylation sites is 1. The fourth-order valence-corrected chi connectivity index (χ4v) is 2.99. The normalized spacial score (nSPS) is 16.7. The second-order valence-electron chi connectivity index (χ2n) is 6.20. The van der Waals surface area contributed by atoms with Gasteiger partial charge in [0.25, 0.3) is 0 Å². The van der Waals surface area contributed by atoms with Crippen LogP contribution in [0.15, 0.2) is 48.5 Å². The van der Waals surface area contributed by atoms with Crippen molar-refractivity contribution in [2.24, 2.45) is 5.73 Å². The van der Waals surface area contributed by atoms with Crippen LogP contribution in [0.25, 0.3) is 0 Å². The second kappa shape index (κ2) is 8.29. The van der Waals surface area contributed by atoms with E-state index in [9.17, 15) is 9.50 Å². The Morgan fingerprint density at radius 3 is 2.48 bits per heavy atom. The molecule has 0 radical (unpaired) electrons. The third kappa shape index (κ3) is 4.69. The summed E-state index contributed by atoms with van der Waals surface area (Å²) < 4.78 is 19.6. The lowest BCUT2D eigenvalue weighted by Gasteiger charge is -2.37. The zero-order valence-electron chi connectivity index (χ0n) is 14.1. The van der Waals surface area contributed by atoms with Gasteiger partial charge in [-0.2, -0.15) is 0 Å². The number of halogens is 1. The van der Waals surface area contributed by atoms with E-state index in [1.54, 1.807) is 6.07 Å². The van der Waals surface area contributed by atoms with Gasteiger partial charge in [-0.05, 0) is 24.3 Å². The fraction of sp³-hybridized carbons (Fsp3) is 0.368. The van der Waals surface area contributed by atoms with Crippen LogP contribution in [-0.2, 0) is 0 Å². The van der Waals surface area contributed by atoms with Gasteiger partial charge in [0.1, 0.15) is 11.6 Å². The van der Waals surface area contributed by atoms with Crippen molar-refractivity contribution in [1.82, 2.24) is 4.90 Å². The maximum atomic E-state index is 13.7. The average Bonchev–Trinajstić information content (AvgIpc) is 2.63. The molecule has 1 atom stereocenters. The van der Waals surface area contributed by atoms with Crippen molar-refractivity contribution in [2.75, 3.05) is 44.2 Å². The lowest BCUT2D eigenvalue weighted by molar-refractivity contribution is 0.115. The van der Waals surface area contributed by atoms with Gasteiger partial charge in [-0.25, -0.2) is 4.39 Å². The first kappa shape index (κ1) is 17.7. The molecular formula is C19H24FN3O2. The van der Waals surface area contributed by atoms with E-state index < -0.39 is 6.10 Å². The summed E-state index contributed by atoms with van der Waals surface area (Å²) in [5.41, 5.74) is 6.35. The van der Waals surface area contributed by atoms with Crippen molar-refractivity contribution in [3.8, 4) is 11.5 Å². The lowest BCUT2D eigenvalue weighted by atomic mass is 10.2. The van der Waals surface area contributed by atoms with E-state index in [1.165, 1.54) is 12.1 Å². The summed E-state index contributed by atoms with van der Waals surface area (Å²) in [5, 5.41) is 9.69. The molecule has 134 valence electrons. The van der Waals surface area contributed by atoms with Crippen LogP contribution in [0, 0.1) is 5.82 Å². The van der Waals surface area contributed by atoms with E-state index in [1.807, 2.05) is 30.3 Å². The molecule has 0 bridgehead atoms. The van der Waals surface area contributed by atoms with Gasteiger partial charge in [0.2, 0.25) is 0 Å². The van der Waals surface area contributed by atoms with E-state index in [4.69, 9.17) is 10.5 Å². The number of anilines is 1. The number of aliphatic hydroxyl groups is 1. The molecule has 0 aliphatic carbocycles. The average molecular weight is 345 g/mol. The maximum Gasteiger partial charge on any atom is 0.153 e. The molecular weight excluding hydrogens is 321 g/mol. The van der Waals surface area contributed by atoms with Crippen LogP contribution in [0.1, 0.15) is 0 Å². The standard InChI is InChI=1S/C19H24FN3O2/c20-15-6-7-18(19(12-15)25-17-4-2-1-3-5-17)23-10-8-22(9-11-23)14-16(24)13-21/h1-7,12,16,24H,8-11,13-14,21H2. The maximum absolute atomic E-state index is 13.7. The van der Waals surface area contributed by atoms with Gasteiger partial charge >= 0.3 is 0 Å². The number of rotatable bonds is 6. The van der Waals surface area contributed by atoms with Gasteiger partial charge in [-0.3, -0.25) is 4.90 Å². The second-order valence-corrected chi connectivity index (χ2v) is 6.20. The Morgan fingerprint density at radius 1 is 1.08 bits per heavy atom. The van der Waals surface area contributed by atoms with Crippen molar-refractivity contribution in [1.29, 1.82) is 0 Å². The fourth-order valence-electron chi connectivity index (χ4n) is 2.99. The van der Waals surface area contributed by atoms with Gasteiger partial charge in [0.05, 0.1) is 11.8 Å². The molecule has 0 amide bonds. The summed E-state index contributed by atoms with van der Waals surface area (Å²) in [6.45, 7) is 4.06. The van der Waals surface area contributed by atoms with Gasteiger partial charge in [-0.15, -0.1) is 0 Å². The van der Waals surface area contributed by atoms with Crippen molar-refractivity contribution in [2.45, 2.75) is 6.10 Å². The van der Waals surface area contributed by atoms with Crippen molar-refractivity contribution in [3.05, 3.63) is 54.3 Å². The van der Waals surface area contributed by atoms with Crippen LogP contribution in [0.4, 0.5) is 10.1 Å². The molecule has 0 spiro atoms. The van der Waals surface area contributed by atoms with Gasteiger partial charge < -0.3 is 20.5 Å². The van der Waals surface area contributed by atoms with Gasteiger partial charge in [-0.1, -0.05) is 18.2 Å². The van der Waals surface area contributed by atoms with Crippen LogP contribution in [0.3, 0.4) is 0 Å². The highest BCUT2D eigenvalue weighted by molar-refractivity contribution is 5.60. The number of piperazine rings is 1. The number of β-amino-alcohol motifs (C(OH)–C–C–N with tert-alkyl or cyclic N) is 1. The van der Waals surface area contributed by atoms with Gasteiger partial charge in [0.15, 0.2) is 5.75 Å². The van der Waals surface area contributed by atoms with Crippen molar-refractivity contribution >= 4 is 5.69 Å². The van der Waals surface area contributed by atoms with Crippen LogP contribution < -0.4 is 15.4 Å². The van der Waals surface area contributed by atoms with E-state index in [-0.39, 0.29) is 12.4 Å². The lowest BCUT2D eigenvalue weighted by Crippen LogP contribution is -2.49. The largest absolute Gasteiger partial charge is 0.455 e. The highest BCUT2D eigenvalue weighted by atomic mass is 19.1. The zero-order valence-corrected chi connectivity index (χ0v) is 14.1. The number of ether oxygens (including phenoxy) is 1. The molecule has 5 nitrogen and oxygen atoms in total. The Hall–Kier alpha value is -2.15. The monoisotopic (exact) mass is 345 g/mol. The SMILES string of the molecule is NCC(O)CN1CCN(c2ccc(F)cc2Oc2ccccc2)CC1. The van der Waals surface area contributed by atoms with E-state index in [2.05, 4.69) is 9.80 Å². The highest BCUT2D eigenvalue weighted by Crippen LogP contribution is 2.33. The number of nitrogens with two attached hydrogens (primary N) is 1. The molecule has 1 heterocycles. The van der Waals surface area contributed by atoms with Crippen LogP contribution in [0.5, 0.6) is 11.5 Å². The summed E-state index contributed by atoms with van der Waals surface area (Å²) in [7, 11) is 0. The molecule has 6 heteroatoms. The Balaban J connectivity index is 1.70. The molecule has 1 aliphatic rings. The molecule has 1 unspecified atom stereocenters. The molecule has 3 N–H and O–H groups in total. The molecule has 1 fully saturated rings. The summed E-state index contributed by atoms with van der Waals surface area (Å²) in [6.07, 6.45) is -0.491. The third-order valence-corrected chi connectivity index (χ3v) is 4.35. The van der Waals surface area contributed by atoms with E-state index in [0.717, 1.165) is 31.9 Å². The first-order valence-corrected chi connectivity index (χ1v) is 8.53.